The molecule has 0 heterocycles. The fourth-order valence-corrected chi connectivity index (χ4v) is 2.11. The Bertz CT molecular complexity index is 442. The molecule has 1 saturated carbocycles. The second-order valence-corrected chi connectivity index (χ2v) is 4.69. The van der Waals surface area contributed by atoms with E-state index in [4.69, 9.17) is 10.5 Å². The van der Waals surface area contributed by atoms with Crippen LogP contribution in [0.2, 0.25) is 0 Å². The lowest BCUT2D eigenvalue weighted by molar-refractivity contribution is 0.0932. The molecule has 18 heavy (non-hydrogen) atoms. The van der Waals surface area contributed by atoms with Gasteiger partial charge in [-0.3, -0.25) is 4.79 Å². The van der Waals surface area contributed by atoms with Crippen LogP contribution >= 0.6 is 0 Å². The standard InChI is InChI=1S/C13H18N2O3/c1-18-10-2-3-12(16)11(6-10)13(17)15-7-8-4-9(14)5-8/h2-3,6,8-9,16H,4-5,7,14H2,1H3,(H,15,17). The van der Waals surface area contributed by atoms with Gasteiger partial charge in [0.1, 0.15) is 11.5 Å². The summed E-state index contributed by atoms with van der Waals surface area (Å²) >= 11 is 0. The number of methoxy groups -OCH3 is 1. The van der Waals surface area contributed by atoms with Crippen LogP contribution in [-0.4, -0.2) is 30.7 Å². The Morgan fingerprint density at radius 1 is 1.56 bits per heavy atom. The molecule has 0 aliphatic heterocycles. The van der Waals surface area contributed by atoms with E-state index in [2.05, 4.69) is 5.32 Å². The highest BCUT2D eigenvalue weighted by atomic mass is 16.5. The summed E-state index contributed by atoms with van der Waals surface area (Å²) in [4.78, 5) is 11.9. The van der Waals surface area contributed by atoms with Crippen molar-refractivity contribution < 1.29 is 14.6 Å². The minimum atomic E-state index is -0.285. The molecule has 98 valence electrons. The number of nitrogens with two attached hydrogens (primary N) is 1. The maximum Gasteiger partial charge on any atom is 0.255 e. The maximum atomic E-state index is 11.9. The number of carbonyl (C=O) groups excluding carboxylic acids is 1. The van der Waals surface area contributed by atoms with Crippen molar-refractivity contribution in [2.45, 2.75) is 18.9 Å². The number of ether oxygens (including phenoxy) is 1. The molecule has 0 unspecified atom stereocenters. The van der Waals surface area contributed by atoms with Gasteiger partial charge in [-0.1, -0.05) is 0 Å². The number of rotatable bonds is 4. The second-order valence-electron chi connectivity index (χ2n) is 4.69. The molecule has 1 aromatic carbocycles. The lowest BCUT2D eigenvalue weighted by Gasteiger charge is -2.32. The highest BCUT2D eigenvalue weighted by Crippen LogP contribution is 2.25. The van der Waals surface area contributed by atoms with Crippen molar-refractivity contribution in [3.05, 3.63) is 23.8 Å². The summed E-state index contributed by atoms with van der Waals surface area (Å²) in [6, 6.07) is 4.86. The van der Waals surface area contributed by atoms with Gasteiger partial charge in [-0.25, -0.2) is 0 Å². The quantitative estimate of drug-likeness (QED) is 0.740. The van der Waals surface area contributed by atoms with Crippen LogP contribution in [0.1, 0.15) is 23.2 Å². The first-order valence-corrected chi connectivity index (χ1v) is 6.01. The van der Waals surface area contributed by atoms with Crippen molar-refractivity contribution in [1.29, 1.82) is 0 Å². The Morgan fingerprint density at radius 2 is 2.28 bits per heavy atom. The van der Waals surface area contributed by atoms with Crippen molar-refractivity contribution >= 4 is 5.91 Å². The summed E-state index contributed by atoms with van der Waals surface area (Å²) in [7, 11) is 1.52. The molecule has 1 aliphatic carbocycles. The lowest BCUT2D eigenvalue weighted by Crippen LogP contribution is -2.42. The number of hydrogen-bond acceptors (Lipinski definition) is 4. The number of hydrogen-bond donors (Lipinski definition) is 3. The van der Waals surface area contributed by atoms with Crippen molar-refractivity contribution in [3.8, 4) is 11.5 Å². The van der Waals surface area contributed by atoms with E-state index in [0.29, 0.717) is 18.2 Å². The minimum absolute atomic E-state index is 0.0430. The van der Waals surface area contributed by atoms with E-state index in [9.17, 15) is 9.90 Å². The largest absolute Gasteiger partial charge is 0.507 e. The summed E-state index contributed by atoms with van der Waals surface area (Å²) in [6.45, 7) is 0.600. The van der Waals surface area contributed by atoms with Crippen molar-refractivity contribution in [2.75, 3.05) is 13.7 Å². The Balaban J connectivity index is 1.95. The smallest absolute Gasteiger partial charge is 0.255 e. The van der Waals surface area contributed by atoms with Crippen LogP contribution in [0.5, 0.6) is 11.5 Å². The summed E-state index contributed by atoms with van der Waals surface area (Å²) in [5.74, 6) is 0.672. The van der Waals surface area contributed by atoms with Gasteiger partial charge >= 0.3 is 0 Å². The van der Waals surface area contributed by atoms with Crippen LogP contribution in [0.3, 0.4) is 0 Å². The predicted molar refractivity (Wildman–Crippen MR) is 67.7 cm³/mol. The number of nitrogens with one attached hydrogen (secondary N) is 1. The predicted octanol–water partition coefficient (Wildman–Crippen LogP) is 0.868. The molecule has 2 rings (SSSR count). The van der Waals surface area contributed by atoms with Crippen LogP contribution in [0.15, 0.2) is 18.2 Å². The highest BCUT2D eigenvalue weighted by molar-refractivity contribution is 5.97. The summed E-state index contributed by atoms with van der Waals surface area (Å²) in [6.07, 6.45) is 1.90. The van der Waals surface area contributed by atoms with E-state index < -0.39 is 0 Å². The molecule has 1 aliphatic rings. The van der Waals surface area contributed by atoms with Gasteiger partial charge in [0.25, 0.3) is 5.91 Å². The summed E-state index contributed by atoms with van der Waals surface area (Å²) in [5, 5.41) is 12.4. The first kappa shape index (κ1) is 12.7. The molecule has 0 radical (unpaired) electrons. The van der Waals surface area contributed by atoms with Gasteiger partial charge in [0, 0.05) is 12.6 Å². The lowest BCUT2D eigenvalue weighted by atomic mass is 9.81. The molecule has 1 amide bonds. The van der Waals surface area contributed by atoms with E-state index >= 15 is 0 Å². The topological polar surface area (TPSA) is 84.6 Å². The van der Waals surface area contributed by atoms with E-state index in [1.54, 1.807) is 6.07 Å². The summed E-state index contributed by atoms with van der Waals surface area (Å²) in [5.41, 5.74) is 5.91. The van der Waals surface area contributed by atoms with Gasteiger partial charge in [0.2, 0.25) is 0 Å². The number of phenols is 1. The van der Waals surface area contributed by atoms with Gasteiger partial charge in [-0.05, 0) is 37.0 Å². The van der Waals surface area contributed by atoms with Crippen molar-refractivity contribution in [1.82, 2.24) is 5.32 Å². The number of amides is 1. The van der Waals surface area contributed by atoms with E-state index in [1.165, 1.54) is 19.2 Å². The van der Waals surface area contributed by atoms with Gasteiger partial charge in [-0.2, -0.15) is 0 Å². The number of carbonyl (C=O) groups is 1. The third-order valence-corrected chi connectivity index (χ3v) is 3.27. The Morgan fingerprint density at radius 3 is 2.89 bits per heavy atom. The molecule has 0 atom stereocenters. The molecule has 1 fully saturated rings. The maximum absolute atomic E-state index is 11.9. The van der Waals surface area contributed by atoms with Crippen molar-refractivity contribution in [3.63, 3.8) is 0 Å². The Kier molecular flexibility index (Phi) is 3.72. The molecular formula is C13H18N2O3. The molecule has 0 bridgehead atoms. The number of phenolic OH excluding ortho intramolecular Hbond substituents is 1. The Hall–Kier alpha value is -1.75. The second kappa shape index (κ2) is 5.27. The van der Waals surface area contributed by atoms with Crippen LogP contribution in [-0.2, 0) is 0 Å². The van der Waals surface area contributed by atoms with Gasteiger partial charge in [-0.15, -0.1) is 0 Å². The van der Waals surface area contributed by atoms with Crippen LogP contribution in [0.4, 0.5) is 0 Å². The molecule has 5 nitrogen and oxygen atoms in total. The molecule has 4 N–H and O–H groups in total. The molecular weight excluding hydrogens is 232 g/mol. The average Bonchev–Trinajstić information content (AvgIpc) is 2.33. The van der Waals surface area contributed by atoms with Gasteiger partial charge in [0.15, 0.2) is 0 Å². The zero-order chi connectivity index (χ0) is 13.1. The fraction of sp³-hybridized carbons (Fsp3) is 0.462. The fourth-order valence-electron chi connectivity index (χ4n) is 2.11. The zero-order valence-electron chi connectivity index (χ0n) is 10.3. The monoisotopic (exact) mass is 250 g/mol. The van der Waals surface area contributed by atoms with Crippen LogP contribution in [0, 0.1) is 5.92 Å². The zero-order valence-corrected chi connectivity index (χ0v) is 10.3. The Labute approximate surface area is 106 Å². The number of aromatic hydroxyl groups is 1. The SMILES string of the molecule is COc1ccc(O)c(C(=O)NCC2CC(N)C2)c1. The summed E-state index contributed by atoms with van der Waals surface area (Å²) < 4.78 is 5.02. The normalized spacial score (nSPS) is 22.1. The van der Waals surface area contributed by atoms with Gasteiger partial charge < -0.3 is 20.9 Å². The first-order chi connectivity index (χ1) is 8.60. The minimum Gasteiger partial charge on any atom is -0.507 e. The molecule has 5 heteroatoms. The third-order valence-electron chi connectivity index (χ3n) is 3.27. The molecule has 0 aromatic heterocycles. The third kappa shape index (κ3) is 2.73. The first-order valence-electron chi connectivity index (χ1n) is 6.01. The van der Waals surface area contributed by atoms with Crippen LogP contribution in [0.25, 0.3) is 0 Å². The van der Waals surface area contributed by atoms with E-state index in [-0.39, 0.29) is 23.3 Å². The highest BCUT2D eigenvalue weighted by Gasteiger charge is 2.26. The molecule has 0 spiro atoms. The van der Waals surface area contributed by atoms with Gasteiger partial charge in [0.05, 0.1) is 12.7 Å². The number of benzene rings is 1. The average molecular weight is 250 g/mol. The van der Waals surface area contributed by atoms with Crippen LogP contribution < -0.4 is 15.8 Å². The van der Waals surface area contributed by atoms with Crippen molar-refractivity contribution in [2.24, 2.45) is 11.7 Å². The molecule has 0 saturated heterocycles. The van der Waals surface area contributed by atoms with E-state index in [1.807, 2.05) is 0 Å². The van der Waals surface area contributed by atoms with E-state index in [0.717, 1.165) is 12.8 Å². The molecule has 1 aromatic rings.